The Labute approximate surface area is 129 Å². The molecule has 1 aromatic carbocycles. The zero-order valence-corrected chi connectivity index (χ0v) is 14.1. The minimum atomic E-state index is -2.93. The first kappa shape index (κ1) is 16.0. The Bertz CT molecular complexity index is 583. The standard InChI is InChI=1S/C15H21BrO3S/c1-2-20(18,19)9-3-7-15(17)8-6-12-10-14(16)5-4-13(12)11-15/h4-5,10,17H,2-3,6-9,11H2,1H3. The molecule has 3 nitrogen and oxygen atoms in total. The van der Waals surface area contributed by atoms with Gasteiger partial charge in [-0.25, -0.2) is 8.42 Å². The third-order valence-electron chi connectivity index (χ3n) is 4.08. The second-order valence-corrected chi connectivity index (χ2v) is 9.04. The highest BCUT2D eigenvalue weighted by molar-refractivity contribution is 9.10. The summed E-state index contributed by atoms with van der Waals surface area (Å²) in [6.07, 6.45) is 3.29. The predicted molar refractivity (Wildman–Crippen MR) is 84.7 cm³/mol. The van der Waals surface area contributed by atoms with Gasteiger partial charge in [-0.15, -0.1) is 0 Å². The molecular weight excluding hydrogens is 340 g/mol. The third kappa shape index (κ3) is 4.06. The summed E-state index contributed by atoms with van der Waals surface area (Å²) in [4.78, 5) is 0. The fraction of sp³-hybridized carbons (Fsp3) is 0.600. The van der Waals surface area contributed by atoms with Crippen LogP contribution in [0.4, 0.5) is 0 Å². The van der Waals surface area contributed by atoms with Crippen molar-refractivity contribution in [2.45, 2.75) is 44.6 Å². The van der Waals surface area contributed by atoms with Crippen LogP contribution < -0.4 is 0 Å². The first-order valence-electron chi connectivity index (χ1n) is 7.04. The van der Waals surface area contributed by atoms with Gasteiger partial charge in [-0.05, 0) is 48.9 Å². The third-order valence-corrected chi connectivity index (χ3v) is 6.37. The van der Waals surface area contributed by atoms with Gasteiger partial charge < -0.3 is 5.11 Å². The van der Waals surface area contributed by atoms with E-state index in [1.807, 2.05) is 12.1 Å². The zero-order chi connectivity index (χ0) is 14.8. The average molecular weight is 361 g/mol. The summed E-state index contributed by atoms with van der Waals surface area (Å²) in [5, 5.41) is 10.7. The molecule has 0 spiro atoms. The monoisotopic (exact) mass is 360 g/mol. The fourth-order valence-electron chi connectivity index (χ4n) is 2.79. The molecule has 0 fully saturated rings. The van der Waals surface area contributed by atoms with Gasteiger partial charge in [-0.1, -0.05) is 28.9 Å². The van der Waals surface area contributed by atoms with Crippen LogP contribution in [0.15, 0.2) is 22.7 Å². The van der Waals surface area contributed by atoms with E-state index < -0.39 is 15.4 Å². The largest absolute Gasteiger partial charge is 0.390 e. The first-order chi connectivity index (χ1) is 9.34. The van der Waals surface area contributed by atoms with Crippen LogP contribution >= 0.6 is 15.9 Å². The normalized spacial score (nSPS) is 22.6. The van der Waals surface area contributed by atoms with Gasteiger partial charge in [0.05, 0.1) is 11.4 Å². The number of aryl methyl sites for hydroxylation is 1. The van der Waals surface area contributed by atoms with Crippen LogP contribution in [0.3, 0.4) is 0 Å². The van der Waals surface area contributed by atoms with E-state index in [-0.39, 0.29) is 11.5 Å². The minimum absolute atomic E-state index is 0.180. The van der Waals surface area contributed by atoms with Crippen molar-refractivity contribution in [1.29, 1.82) is 0 Å². The molecule has 0 radical (unpaired) electrons. The molecule has 1 unspecified atom stereocenters. The summed E-state index contributed by atoms with van der Waals surface area (Å²) in [6, 6.07) is 6.15. The van der Waals surface area contributed by atoms with Crippen LogP contribution in [-0.4, -0.2) is 30.6 Å². The Kier molecular flexibility index (Phi) is 4.92. The summed E-state index contributed by atoms with van der Waals surface area (Å²) in [6.45, 7) is 1.67. The molecule has 1 aromatic rings. The number of hydrogen-bond acceptors (Lipinski definition) is 3. The van der Waals surface area contributed by atoms with Crippen molar-refractivity contribution in [3.05, 3.63) is 33.8 Å². The molecule has 1 atom stereocenters. The number of benzene rings is 1. The lowest BCUT2D eigenvalue weighted by molar-refractivity contribution is 0.0174. The summed E-state index contributed by atoms with van der Waals surface area (Å²) >= 11 is 3.46. The van der Waals surface area contributed by atoms with Crippen LogP contribution in [-0.2, 0) is 22.7 Å². The Hall–Kier alpha value is -0.390. The van der Waals surface area contributed by atoms with E-state index in [2.05, 4.69) is 22.0 Å². The molecule has 1 N–H and O–H groups in total. The lowest BCUT2D eigenvalue weighted by atomic mass is 9.78. The van der Waals surface area contributed by atoms with E-state index in [0.29, 0.717) is 25.7 Å². The molecule has 0 heterocycles. The molecule has 5 heteroatoms. The highest BCUT2D eigenvalue weighted by atomic mass is 79.9. The number of sulfone groups is 1. The zero-order valence-electron chi connectivity index (χ0n) is 11.7. The van der Waals surface area contributed by atoms with Gasteiger partial charge in [0, 0.05) is 16.6 Å². The van der Waals surface area contributed by atoms with Crippen molar-refractivity contribution in [2.24, 2.45) is 0 Å². The van der Waals surface area contributed by atoms with E-state index in [1.54, 1.807) is 6.92 Å². The van der Waals surface area contributed by atoms with Crippen LogP contribution in [0.2, 0.25) is 0 Å². The van der Waals surface area contributed by atoms with Crippen molar-refractivity contribution < 1.29 is 13.5 Å². The molecule has 1 aliphatic rings. The number of aliphatic hydroxyl groups is 1. The van der Waals surface area contributed by atoms with Gasteiger partial charge in [0.15, 0.2) is 0 Å². The van der Waals surface area contributed by atoms with Crippen LogP contribution in [0.25, 0.3) is 0 Å². The molecule has 0 saturated heterocycles. The summed E-state index contributed by atoms with van der Waals surface area (Å²) in [5.74, 6) is 0.362. The van der Waals surface area contributed by atoms with Gasteiger partial charge in [0.2, 0.25) is 0 Å². The first-order valence-corrected chi connectivity index (χ1v) is 9.65. The maximum absolute atomic E-state index is 11.5. The number of rotatable bonds is 5. The smallest absolute Gasteiger partial charge is 0.150 e. The highest BCUT2D eigenvalue weighted by Gasteiger charge is 2.31. The lowest BCUT2D eigenvalue weighted by Gasteiger charge is -2.33. The van der Waals surface area contributed by atoms with Crippen molar-refractivity contribution in [2.75, 3.05) is 11.5 Å². The highest BCUT2D eigenvalue weighted by Crippen LogP contribution is 2.33. The summed E-state index contributed by atoms with van der Waals surface area (Å²) < 4.78 is 24.1. The van der Waals surface area contributed by atoms with E-state index in [0.717, 1.165) is 10.9 Å². The Morgan fingerprint density at radius 2 is 2.10 bits per heavy atom. The van der Waals surface area contributed by atoms with Gasteiger partial charge in [-0.2, -0.15) is 0 Å². The topological polar surface area (TPSA) is 54.4 Å². The van der Waals surface area contributed by atoms with Gasteiger partial charge in [0.25, 0.3) is 0 Å². The van der Waals surface area contributed by atoms with Crippen LogP contribution in [0.1, 0.15) is 37.3 Å². The van der Waals surface area contributed by atoms with Crippen molar-refractivity contribution in [1.82, 2.24) is 0 Å². The summed E-state index contributed by atoms with van der Waals surface area (Å²) in [7, 11) is -2.93. The predicted octanol–water partition coefficient (Wildman–Crippen LogP) is 2.88. The van der Waals surface area contributed by atoms with E-state index in [4.69, 9.17) is 0 Å². The fourth-order valence-corrected chi connectivity index (χ4v) is 4.07. The van der Waals surface area contributed by atoms with Crippen molar-refractivity contribution in [3.8, 4) is 0 Å². The average Bonchev–Trinajstić information content (AvgIpc) is 2.39. The summed E-state index contributed by atoms with van der Waals surface area (Å²) in [5.41, 5.74) is 1.72. The molecule has 0 aromatic heterocycles. The molecule has 0 amide bonds. The van der Waals surface area contributed by atoms with Gasteiger partial charge in [-0.3, -0.25) is 0 Å². The van der Waals surface area contributed by atoms with Crippen LogP contribution in [0, 0.1) is 0 Å². The maximum atomic E-state index is 11.5. The minimum Gasteiger partial charge on any atom is -0.390 e. The van der Waals surface area contributed by atoms with Gasteiger partial charge in [0.1, 0.15) is 9.84 Å². The van der Waals surface area contributed by atoms with E-state index >= 15 is 0 Å². The number of fused-ring (bicyclic) bond motifs is 1. The van der Waals surface area contributed by atoms with E-state index in [9.17, 15) is 13.5 Å². The quantitative estimate of drug-likeness (QED) is 0.878. The van der Waals surface area contributed by atoms with Crippen molar-refractivity contribution >= 4 is 25.8 Å². The maximum Gasteiger partial charge on any atom is 0.150 e. The second kappa shape index (κ2) is 6.16. The Balaban J connectivity index is 1.98. The number of hydrogen-bond donors (Lipinski definition) is 1. The molecule has 20 heavy (non-hydrogen) atoms. The Morgan fingerprint density at radius 1 is 1.35 bits per heavy atom. The molecule has 1 aliphatic carbocycles. The Morgan fingerprint density at radius 3 is 2.80 bits per heavy atom. The van der Waals surface area contributed by atoms with Crippen LogP contribution in [0.5, 0.6) is 0 Å². The second-order valence-electron chi connectivity index (χ2n) is 5.65. The molecule has 0 bridgehead atoms. The molecular formula is C15H21BrO3S. The van der Waals surface area contributed by atoms with E-state index in [1.165, 1.54) is 11.1 Å². The number of halogens is 1. The molecule has 112 valence electrons. The lowest BCUT2D eigenvalue weighted by Crippen LogP contribution is -2.36. The van der Waals surface area contributed by atoms with Crippen molar-refractivity contribution in [3.63, 3.8) is 0 Å². The van der Waals surface area contributed by atoms with Gasteiger partial charge >= 0.3 is 0 Å². The molecule has 2 rings (SSSR count). The molecule has 0 saturated carbocycles. The molecule has 0 aliphatic heterocycles. The SMILES string of the molecule is CCS(=O)(=O)CCCC1(O)CCc2cc(Br)ccc2C1.